The topological polar surface area (TPSA) is 19.4 Å². The molecule has 18 heavy (non-hydrogen) atoms. The second-order valence-corrected chi connectivity index (χ2v) is 4.84. The summed E-state index contributed by atoms with van der Waals surface area (Å²) in [6.07, 6.45) is 2.07. The van der Waals surface area contributed by atoms with Gasteiger partial charge in [-0.3, -0.25) is 4.98 Å². The molecule has 0 fully saturated rings. The zero-order chi connectivity index (χ0) is 12.7. The van der Waals surface area contributed by atoms with Crippen LogP contribution in [-0.2, 0) is 0 Å². The van der Waals surface area contributed by atoms with Crippen LogP contribution in [-0.4, -0.2) is 19.1 Å². The highest BCUT2D eigenvalue weighted by Gasteiger charge is 2.32. The lowest BCUT2D eigenvalue weighted by Crippen LogP contribution is -2.31. The molecule has 2 heterocycles. The van der Waals surface area contributed by atoms with Crippen molar-refractivity contribution in [3.05, 3.63) is 53.9 Å². The van der Waals surface area contributed by atoms with E-state index in [4.69, 9.17) is 0 Å². The summed E-state index contributed by atoms with van der Waals surface area (Å²) in [6.45, 7) is 2.10. The van der Waals surface area contributed by atoms with Crippen LogP contribution in [0.1, 0.15) is 17.4 Å². The monoisotopic (exact) mass is 239 g/mol. The molecule has 0 spiro atoms. The van der Waals surface area contributed by atoms with Crippen molar-refractivity contribution in [2.24, 2.45) is 0 Å². The molecule has 3 rings (SSSR count). The van der Waals surface area contributed by atoms with Crippen LogP contribution in [0.2, 0.25) is 0 Å². The molecular weight excluding hydrogens is 222 g/mol. The summed E-state index contributed by atoms with van der Waals surface area (Å²) in [5, 5.41) is 0. The lowest BCUT2D eigenvalue weighted by atomic mass is 10.2. The van der Waals surface area contributed by atoms with Crippen molar-refractivity contribution in [3.8, 4) is 0 Å². The molecule has 0 unspecified atom stereocenters. The Kier molecular flexibility index (Phi) is 2.47. The van der Waals surface area contributed by atoms with Gasteiger partial charge in [0.05, 0.1) is 17.1 Å². The van der Waals surface area contributed by atoms with Crippen molar-refractivity contribution < 1.29 is 0 Å². The van der Waals surface area contributed by atoms with Crippen LogP contribution in [0.5, 0.6) is 0 Å². The average Bonchev–Trinajstić information content (AvgIpc) is 2.63. The first-order valence-electron chi connectivity index (χ1n) is 6.16. The fourth-order valence-corrected chi connectivity index (χ4v) is 2.68. The number of aromatic nitrogens is 1. The first kappa shape index (κ1) is 11.1. The highest BCUT2D eigenvalue weighted by Crippen LogP contribution is 2.43. The van der Waals surface area contributed by atoms with Gasteiger partial charge < -0.3 is 9.80 Å². The van der Waals surface area contributed by atoms with Crippen molar-refractivity contribution in [2.75, 3.05) is 23.9 Å². The van der Waals surface area contributed by atoms with E-state index in [1.807, 2.05) is 12.3 Å². The van der Waals surface area contributed by atoms with E-state index in [1.54, 1.807) is 0 Å². The molecule has 2 aromatic rings. The minimum Gasteiger partial charge on any atom is -0.348 e. The Morgan fingerprint density at radius 1 is 1.00 bits per heavy atom. The summed E-state index contributed by atoms with van der Waals surface area (Å²) in [7, 11) is 4.24. The largest absolute Gasteiger partial charge is 0.348 e. The third kappa shape index (κ3) is 1.55. The van der Waals surface area contributed by atoms with E-state index in [0.29, 0.717) is 0 Å². The van der Waals surface area contributed by atoms with Gasteiger partial charge in [-0.2, -0.15) is 0 Å². The van der Waals surface area contributed by atoms with E-state index in [2.05, 4.69) is 66.1 Å². The van der Waals surface area contributed by atoms with E-state index in [-0.39, 0.29) is 6.17 Å². The zero-order valence-electron chi connectivity index (χ0n) is 11.0. The number of nitrogens with zero attached hydrogens (tertiary/aromatic N) is 3. The number of pyridine rings is 1. The first-order chi connectivity index (χ1) is 8.68. The smallest absolute Gasteiger partial charge is 0.145 e. The average molecular weight is 239 g/mol. The van der Waals surface area contributed by atoms with Crippen LogP contribution in [0.25, 0.3) is 0 Å². The van der Waals surface area contributed by atoms with Gasteiger partial charge in [0.1, 0.15) is 6.17 Å². The van der Waals surface area contributed by atoms with Gasteiger partial charge in [-0.05, 0) is 36.8 Å². The van der Waals surface area contributed by atoms with Crippen LogP contribution in [0.15, 0.2) is 42.6 Å². The molecule has 0 N–H and O–H groups in total. The third-order valence-electron chi connectivity index (χ3n) is 3.58. The maximum atomic E-state index is 4.52. The molecule has 0 aliphatic carbocycles. The maximum Gasteiger partial charge on any atom is 0.145 e. The summed E-state index contributed by atoms with van der Waals surface area (Å²) >= 11 is 0. The highest BCUT2D eigenvalue weighted by molar-refractivity contribution is 5.77. The molecule has 0 amide bonds. The standard InChI is InChI=1S/C15H17N3/c1-11-8-9-16-12(10-11)15-17(2)13-6-4-5-7-14(13)18(15)3/h4-10,15H,1-3H3. The second-order valence-electron chi connectivity index (χ2n) is 4.84. The van der Waals surface area contributed by atoms with Crippen LogP contribution >= 0.6 is 0 Å². The van der Waals surface area contributed by atoms with Gasteiger partial charge in [0.25, 0.3) is 0 Å². The normalized spacial score (nSPS) is 15.1. The van der Waals surface area contributed by atoms with Crippen LogP contribution < -0.4 is 9.80 Å². The second kappa shape index (κ2) is 4.02. The summed E-state index contributed by atoms with van der Waals surface area (Å²) in [5.41, 5.74) is 4.86. The molecule has 0 atom stereocenters. The third-order valence-corrected chi connectivity index (χ3v) is 3.58. The SMILES string of the molecule is Cc1ccnc(C2N(C)c3ccccc3N2C)c1. The number of hydrogen-bond donors (Lipinski definition) is 0. The number of aryl methyl sites for hydroxylation is 1. The van der Waals surface area contributed by atoms with Crippen molar-refractivity contribution in [3.63, 3.8) is 0 Å². The number of rotatable bonds is 1. The lowest BCUT2D eigenvalue weighted by Gasteiger charge is -2.27. The molecule has 1 aromatic heterocycles. The molecule has 1 aromatic carbocycles. The Morgan fingerprint density at radius 2 is 1.61 bits per heavy atom. The van der Waals surface area contributed by atoms with Crippen molar-refractivity contribution in [2.45, 2.75) is 13.1 Å². The van der Waals surface area contributed by atoms with Gasteiger partial charge in [0, 0.05) is 20.3 Å². The Morgan fingerprint density at radius 3 is 2.17 bits per heavy atom. The fourth-order valence-electron chi connectivity index (χ4n) is 2.68. The number of anilines is 2. The Bertz CT molecular complexity index is 550. The van der Waals surface area contributed by atoms with Crippen molar-refractivity contribution >= 4 is 11.4 Å². The quantitative estimate of drug-likeness (QED) is 0.762. The minimum absolute atomic E-state index is 0.183. The first-order valence-corrected chi connectivity index (χ1v) is 6.16. The van der Waals surface area contributed by atoms with Gasteiger partial charge in [-0.15, -0.1) is 0 Å². The Labute approximate surface area is 108 Å². The summed E-state index contributed by atoms with van der Waals surface area (Å²) < 4.78 is 0. The van der Waals surface area contributed by atoms with E-state index >= 15 is 0 Å². The molecule has 3 heteroatoms. The Hall–Kier alpha value is -2.03. The molecule has 1 aliphatic rings. The predicted octanol–water partition coefficient (Wildman–Crippen LogP) is 2.97. The highest BCUT2D eigenvalue weighted by atomic mass is 15.4. The number of benzene rings is 1. The fraction of sp³-hybridized carbons (Fsp3) is 0.267. The molecule has 0 saturated carbocycles. The van der Waals surface area contributed by atoms with E-state index in [0.717, 1.165) is 5.69 Å². The van der Waals surface area contributed by atoms with Gasteiger partial charge in [0.2, 0.25) is 0 Å². The Balaban J connectivity index is 2.06. The van der Waals surface area contributed by atoms with Crippen molar-refractivity contribution in [1.29, 1.82) is 0 Å². The lowest BCUT2D eigenvalue weighted by molar-refractivity contribution is 0.672. The van der Waals surface area contributed by atoms with Crippen LogP contribution in [0.4, 0.5) is 11.4 Å². The number of fused-ring (bicyclic) bond motifs is 1. The summed E-state index contributed by atoms with van der Waals surface area (Å²) in [4.78, 5) is 9.07. The van der Waals surface area contributed by atoms with Crippen molar-refractivity contribution in [1.82, 2.24) is 4.98 Å². The van der Waals surface area contributed by atoms with E-state index in [9.17, 15) is 0 Å². The van der Waals surface area contributed by atoms with Gasteiger partial charge in [0.15, 0.2) is 0 Å². The summed E-state index contributed by atoms with van der Waals surface area (Å²) in [6, 6.07) is 12.7. The van der Waals surface area contributed by atoms with E-state index in [1.165, 1.54) is 16.9 Å². The minimum atomic E-state index is 0.183. The van der Waals surface area contributed by atoms with E-state index < -0.39 is 0 Å². The van der Waals surface area contributed by atoms with Crippen LogP contribution in [0.3, 0.4) is 0 Å². The zero-order valence-corrected chi connectivity index (χ0v) is 11.0. The predicted molar refractivity (Wildman–Crippen MR) is 75.0 cm³/mol. The molecule has 0 saturated heterocycles. The molecule has 92 valence electrons. The van der Waals surface area contributed by atoms with Gasteiger partial charge >= 0.3 is 0 Å². The summed E-state index contributed by atoms with van der Waals surface area (Å²) in [5.74, 6) is 0. The number of hydrogen-bond acceptors (Lipinski definition) is 3. The molecule has 0 radical (unpaired) electrons. The molecule has 3 nitrogen and oxygen atoms in total. The van der Waals surface area contributed by atoms with Gasteiger partial charge in [-0.25, -0.2) is 0 Å². The van der Waals surface area contributed by atoms with Crippen LogP contribution in [0, 0.1) is 6.92 Å². The molecule has 0 bridgehead atoms. The number of para-hydroxylation sites is 2. The molecule has 1 aliphatic heterocycles. The molecular formula is C15H17N3. The van der Waals surface area contributed by atoms with Gasteiger partial charge in [-0.1, -0.05) is 12.1 Å². The maximum absolute atomic E-state index is 4.52.